The topological polar surface area (TPSA) is 40.5 Å². The van der Waals surface area contributed by atoms with Gasteiger partial charge < -0.3 is 10.2 Å². The lowest BCUT2D eigenvalue weighted by atomic mass is 9.78. The van der Waals surface area contributed by atoms with Gasteiger partial charge in [0.1, 0.15) is 5.75 Å². The van der Waals surface area contributed by atoms with Crippen LogP contribution in [-0.4, -0.2) is 16.3 Å². The molecule has 0 radical (unpaired) electrons. The average molecular weight is 178 g/mol. The molecular weight excluding hydrogens is 164 g/mol. The Hall–Kier alpha value is -1.02. The predicted molar refractivity (Wildman–Crippen MR) is 50.5 cm³/mol. The number of phenolic OH excluding ortho intramolecular Hbond substituents is 1. The maximum absolute atomic E-state index is 9.37. The summed E-state index contributed by atoms with van der Waals surface area (Å²) in [4.78, 5) is 0. The Morgan fingerprint density at radius 1 is 1.15 bits per heavy atom. The molecule has 2 rings (SSSR count). The smallest absolute Gasteiger partial charge is 0.115 e. The van der Waals surface area contributed by atoms with E-state index >= 15 is 0 Å². The number of aliphatic hydroxyl groups excluding tert-OH is 1. The first-order valence-electron chi connectivity index (χ1n) is 4.71. The second-order valence-electron chi connectivity index (χ2n) is 3.78. The molecule has 70 valence electrons. The summed E-state index contributed by atoms with van der Waals surface area (Å²) in [6.07, 6.45) is 2.90. The molecule has 2 heteroatoms. The predicted octanol–water partition coefficient (Wildman–Crippen LogP) is 1.71. The van der Waals surface area contributed by atoms with Crippen molar-refractivity contribution in [3.05, 3.63) is 29.8 Å². The fourth-order valence-electron chi connectivity index (χ4n) is 1.72. The molecule has 1 aromatic rings. The van der Waals surface area contributed by atoms with Crippen molar-refractivity contribution in [2.24, 2.45) is 5.92 Å². The van der Waals surface area contributed by atoms with E-state index in [0.717, 1.165) is 19.3 Å². The first kappa shape index (κ1) is 8.57. The van der Waals surface area contributed by atoms with E-state index in [1.165, 1.54) is 5.56 Å². The number of hydrogen-bond acceptors (Lipinski definition) is 2. The normalized spacial score (nSPS) is 26.8. The van der Waals surface area contributed by atoms with Crippen LogP contribution in [0.15, 0.2) is 24.3 Å². The minimum atomic E-state index is -0.103. The Kier molecular flexibility index (Phi) is 2.23. The molecule has 2 unspecified atom stereocenters. The van der Waals surface area contributed by atoms with Crippen LogP contribution in [0.3, 0.4) is 0 Å². The van der Waals surface area contributed by atoms with Crippen LogP contribution in [0.5, 0.6) is 5.75 Å². The van der Waals surface area contributed by atoms with E-state index in [-0.39, 0.29) is 6.10 Å². The van der Waals surface area contributed by atoms with Gasteiger partial charge in [-0.05, 0) is 42.9 Å². The van der Waals surface area contributed by atoms with E-state index in [1.54, 1.807) is 12.1 Å². The van der Waals surface area contributed by atoms with Gasteiger partial charge >= 0.3 is 0 Å². The summed E-state index contributed by atoms with van der Waals surface area (Å²) in [5, 5.41) is 18.4. The highest BCUT2D eigenvalue weighted by atomic mass is 16.3. The summed E-state index contributed by atoms with van der Waals surface area (Å²) in [6.45, 7) is 0. The van der Waals surface area contributed by atoms with Gasteiger partial charge in [-0.2, -0.15) is 0 Å². The number of aromatic hydroxyl groups is 1. The number of rotatable bonds is 2. The Morgan fingerprint density at radius 2 is 1.85 bits per heavy atom. The fourth-order valence-corrected chi connectivity index (χ4v) is 1.72. The molecule has 2 N–H and O–H groups in total. The van der Waals surface area contributed by atoms with Crippen molar-refractivity contribution >= 4 is 0 Å². The molecule has 1 saturated carbocycles. The molecule has 0 amide bonds. The Bertz CT molecular complexity index is 279. The molecule has 1 fully saturated rings. The van der Waals surface area contributed by atoms with Crippen LogP contribution in [0.4, 0.5) is 0 Å². The SMILES string of the molecule is Oc1ccc(CC2CCC2O)cc1. The maximum atomic E-state index is 9.37. The third-order valence-electron chi connectivity index (χ3n) is 2.81. The van der Waals surface area contributed by atoms with E-state index in [4.69, 9.17) is 5.11 Å². The Morgan fingerprint density at radius 3 is 2.31 bits per heavy atom. The zero-order valence-corrected chi connectivity index (χ0v) is 7.48. The highest BCUT2D eigenvalue weighted by Crippen LogP contribution is 2.30. The zero-order chi connectivity index (χ0) is 9.26. The molecule has 0 heterocycles. The van der Waals surface area contributed by atoms with E-state index in [1.807, 2.05) is 12.1 Å². The quantitative estimate of drug-likeness (QED) is 0.723. The summed E-state index contributed by atoms with van der Waals surface area (Å²) in [7, 11) is 0. The van der Waals surface area contributed by atoms with Crippen molar-refractivity contribution in [2.45, 2.75) is 25.4 Å². The molecule has 0 aromatic heterocycles. The van der Waals surface area contributed by atoms with E-state index in [9.17, 15) is 5.11 Å². The molecule has 1 aliphatic rings. The minimum Gasteiger partial charge on any atom is -0.508 e. The van der Waals surface area contributed by atoms with E-state index in [0.29, 0.717) is 11.7 Å². The van der Waals surface area contributed by atoms with Crippen LogP contribution in [0.25, 0.3) is 0 Å². The standard InChI is InChI=1S/C11H14O2/c12-10-4-1-8(2-5-10)7-9-3-6-11(9)13/h1-2,4-5,9,11-13H,3,6-7H2. The van der Waals surface area contributed by atoms with Crippen LogP contribution in [0, 0.1) is 5.92 Å². The molecule has 2 nitrogen and oxygen atoms in total. The van der Waals surface area contributed by atoms with Crippen LogP contribution in [-0.2, 0) is 6.42 Å². The first-order valence-corrected chi connectivity index (χ1v) is 4.71. The second-order valence-corrected chi connectivity index (χ2v) is 3.78. The number of phenols is 1. The maximum Gasteiger partial charge on any atom is 0.115 e. The molecule has 1 aliphatic carbocycles. The number of hydrogen-bond donors (Lipinski definition) is 2. The van der Waals surface area contributed by atoms with Crippen LogP contribution in [0.1, 0.15) is 18.4 Å². The van der Waals surface area contributed by atoms with E-state index in [2.05, 4.69) is 0 Å². The van der Waals surface area contributed by atoms with Crippen molar-refractivity contribution in [1.82, 2.24) is 0 Å². The van der Waals surface area contributed by atoms with E-state index < -0.39 is 0 Å². The largest absolute Gasteiger partial charge is 0.508 e. The second kappa shape index (κ2) is 3.38. The van der Waals surface area contributed by atoms with Crippen LogP contribution < -0.4 is 0 Å². The van der Waals surface area contributed by atoms with Gasteiger partial charge in [-0.15, -0.1) is 0 Å². The minimum absolute atomic E-state index is 0.103. The summed E-state index contributed by atoms with van der Waals surface area (Å²) in [5.74, 6) is 0.738. The first-order chi connectivity index (χ1) is 6.25. The fraction of sp³-hybridized carbons (Fsp3) is 0.455. The van der Waals surface area contributed by atoms with Crippen molar-refractivity contribution < 1.29 is 10.2 Å². The summed E-state index contributed by atoms with van der Waals surface area (Å²) in [5.41, 5.74) is 1.20. The van der Waals surface area contributed by atoms with Gasteiger partial charge in [0.2, 0.25) is 0 Å². The van der Waals surface area contributed by atoms with Crippen molar-refractivity contribution in [3.8, 4) is 5.75 Å². The van der Waals surface area contributed by atoms with Gasteiger partial charge in [0, 0.05) is 0 Å². The highest BCUT2D eigenvalue weighted by Gasteiger charge is 2.28. The lowest BCUT2D eigenvalue weighted by Crippen LogP contribution is -2.32. The molecule has 2 atom stereocenters. The molecule has 1 aromatic carbocycles. The molecule has 13 heavy (non-hydrogen) atoms. The third kappa shape index (κ3) is 1.83. The summed E-state index contributed by atoms with van der Waals surface area (Å²) >= 11 is 0. The molecule has 0 spiro atoms. The number of benzene rings is 1. The van der Waals surface area contributed by atoms with Crippen molar-refractivity contribution in [2.75, 3.05) is 0 Å². The lowest BCUT2D eigenvalue weighted by molar-refractivity contribution is 0.0244. The van der Waals surface area contributed by atoms with Crippen molar-refractivity contribution in [3.63, 3.8) is 0 Å². The van der Waals surface area contributed by atoms with Crippen LogP contribution >= 0.6 is 0 Å². The Balaban J connectivity index is 1.98. The zero-order valence-electron chi connectivity index (χ0n) is 7.48. The van der Waals surface area contributed by atoms with Gasteiger partial charge in [0.25, 0.3) is 0 Å². The average Bonchev–Trinajstić information content (AvgIpc) is 2.15. The lowest BCUT2D eigenvalue weighted by Gasteiger charge is -2.32. The van der Waals surface area contributed by atoms with Gasteiger partial charge in [-0.1, -0.05) is 12.1 Å². The monoisotopic (exact) mass is 178 g/mol. The highest BCUT2D eigenvalue weighted by molar-refractivity contribution is 5.26. The molecule has 0 saturated heterocycles. The van der Waals surface area contributed by atoms with Gasteiger partial charge in [-0.25, -0.2) is 0 Å². The third-order valence-corrected chi connectivity index (χ3v) is 2.81. The van der Waals surface area contributed by atoms with Gasteiger partial charge in [-0.3, -0.25) is 0 Å². The van der Waals surface area contributed by atoms with Crippen molar-refractivity contribution in [1.29, 1.82) is 0 Å². The van der Waals surface area contributed by atoms with Gasteiger partial charge in [0.05, 0.1) is 6.10 Å². The summed E-state index contributed by atoms with van der Waals surface area (Å²) < 4.78 is 0. The Labute approximate surface area is 77.8 Å². The molecule has 0 aliphatic heterocycles. The summed E-state index contributed by atoms with van der Waals surface area (Å²) in [6, 6.07) is 7.22. The molecular formula is C11H14O2. The van der Waals surface area contributed by atoms with Crippen LogP contribution in [0.2, 0.25) is 0 Å². The number of aliphatic hydroxyl groups is 1. The molecule has 0 bridgehead atoms. The van der Waals surface area contributed by atoms with Gasteiger partial charge in [0.15, 0.2) is 0 Å².